The first kappa shape index (κ1) is 8.89. The van der Waals surface area contributed by atoms with Crippen molar-refractivity contribution >= 4 is 28.9 Å². The Labute approximate surface area is 73.3 Å². The summed E-state index contributed by atoms with van der Waals surface area (Å²) in [7, 11) is 0. The van der Waals surface area contributed by atoms with E-state index < -0.39 is 6.69 Å². The molecule has 0 radical (unpaired) electrons. The van der Waals surface area contributed by atoms with Crippen molar-refractivity contribution in [2.75, 3.05) is 0 Å². The van der Waals surface area contributed by atoms with Crippen LogP contribution in [0.5, 0.6) is 0 Å². The van der Waals surface area contributed by atoms with E-state index in [0.717, 1.165) is 17.9 Å². The van der Waals surface area contributed by atoms with E-state index >= 15 is 0 Å². The standard InChI is InChI=1S/C7H14Cl2Si/c1-6(7-3-4-7)5-10(2,8)9/h6-7H,3-5H2,1-2H3. The van der Waals surface area contributed by atoms with Crippen LogP contribution in [0.25, 0.3) is 0 Å². The van der Waals surface area contributed by atoms with E-state index in [1.165, 1.54) is 12.8 Å². The predicted octanol–water partition coefficient (Wildman–Crippen LogP) is 3.58. The van der Waals surface area contributed by atoms with Gasteiger partial charge >= 0.3 is 0 Å². The van der Waals surface area contributed by atoms with E-state index in [1.54, 1.807) is 0 Å². The Kier molecular flexibility index (Phi) is 2.70. The number of hydrogen-bond acceptors (Lipinski definition) is 0. The largest absolute Gasteiger partial charge is 0.248 e. The normalized spacial score (nSPS) is 22.8. The molecule has 1 fully saturated rings. The van der Waals surface area contributed by atoms with Crippen molar-refractivity contribution < 1.29 is 0 Å². The van der Waals surface area contributed by atoms with Gasteiger partial charge in [-0.25, -0.2) is 0 Å². The topological polar surface area (TPSA) is 0 Å². The average Bonchev–Trinajstić information content (AvgIpc) is 2.35. The summed E-state index contributed by atoms with van der Waals surface area (Å²) in [4.78, 5) is 0. The van der Waals surface area contributed by atoms with Gasteiger partial charge in [0.15, 0.2) is 0 Å². The molecule has 0 spiro atoms. The first-order valence-electron chi connectivity index (χ1n) is 3.87. The fourth-order valence-electron chi connectivity index (χ4n) is 1.40. The molecule has 0 aliphatic heterocycles. The zero-order chi connectivity index (χ0) is 7.78. The van der Waals surface area contributed by atoms with Gasteiger partial charge < -0.3 is 0 Å². The molecule has 10 heavy (non-hydrogen) atoms. The smallest absolute Gasteiger partial charge is 0.146 e. The van der Waals surface area contributed by atoms with E-state index in [9.17, 15) is 0 Å². The highest BCUT2D eigenvalue weighted by atomic mass is 35.7. The van der Waals surface area contributed by atoms with Crippen LogP contribution in [0.3, 0.4) is 0 Å². The summed E-state index contributed by atoms with van der Waals surface area (Å²) in [6.45, 7) is 2.48. The van der Waals surface area contributed by atoms with Gasteiger partial charge in [0.1, 0.15) is 0 Å². The molecule has 1 aliphatic carbocycles. The summed E-state index contributed by atoms with van der Waals surface area (Å²) in [6, 6.07) is 1.07. The maximum absolute atomic E-state index is 6.00. The van der Waals surface area contributed by atoms with Gasteiger partial charge in [-0.05, 0) is 37.3 Å². The summed E-state index contributed by atoms with van der Waals surface area (Å²) >= 11 is 12.0. The van der Waals surface area contributed by atoms with Crippen LogP contribution in [0.2, 0.25) is 12.6 Å². The first-order valence-corrected chi connectivity index (χ1v) is 8.60. The minimum atomic E-state index is -1.80. The van der Waals surface area contributed by atoms with E-state index in [4.69, 9.17) is 22.2 Å². The number of halogens is 2. The van der Waals surface area contributed by atoms with Crippen LogP contribution in [0.15, 0.2) is 0 Å². The number of rotatable bonds is 3. The van der Waals surface area contributed by atoms with Gasteiger partial charge in [-0.15, -0.1) is 22.2 Å². The third-order valence-corrected chi connectivity index (χ3v) is 4.39. The highest BCUT2D eigenvalue weighted by molar-refractivity contribution is 7.44. The zero-order valence-corrected chi connectivity index (χ0v) is 9.04. The SMILES string of the molecule is CC(C[Si](C)(Cl)Cl)C1CC1. The zero-order valence-electron chi connectivity index (χ0n) is 6.53. The summed E-state index contributed by atoms with van der Waals surface area (Å²) < 4.78 is 0. The molecule has 0 aromatic heterocycles. The molecular weight excluding hydrogens is 183 g/mol. The summed E-state index contributed by atoms with van der Waals surface area (Å²) in [6.07, 6.45) is 2.80. The molecule has 3 heteroatoms. The van der Waals surface area contributed by atoms with Crippen LogP contribution in [-0.2, 0) is 0 Å². The number of hydrogen-bond donors (Lipinski definition) is 0. The van der Waals surface area contributed by atoms with Crippen molar-refractivity contribution in [2.24, 2.45) is 11.8 Å². The van der Waals surface area contributed by atoms with Gasteiger partial charge in [0.05, 0.1) is 0 Å². The van der Waals surface area contributed by atoms with Crippen molar-refractivity contribution in [1.82, 2.24) is 0 Å². The fourth-order valence-corrected chi connectivity index (χ4v) is 4.32. The van der Waals surface area contributed by atoms with Crippen molar-refractivity contribution in [3.05, 3.63) is 0 Å². The molecule has 0 amide bonds. The van der Waals surface area contributed by atoms with E-state index in [-0.39, 0.29) is 0 Å². The Morgan fingerprint density at radius 3 is 2.30 bits per heavy atom. The lowest BCUT2D eigenvalue weighted by Crippen LogP contribution is -2.17. The molecule has 1 atom stereocenters. The van der Waals surface area contributed by atoms with Crippen molar-refractivity contribution in [2.45, 2.75) is 32.4 Å². The van der Waals surface area contributed by atoms with E-state index in [1.807, 2.05) is 6.55 Å². The Bertz CT molecular complexity index is 115. The maximum atomic E-state index is 6.00. The Morgan fingerprint density at radius 2 is 2.00 bits per heavy atom. The maximum Gasteiger partial charge on any atom is 0.248 e. The lowest BCUT2D eigenvalue weighted by atomic mass is 10.1. The summed E-state index contributed by atoms with van der Waals surface area (Å²) in [5, 5.41) is 0. The highest BCUT2D eigenvalue weighted by Gasteiger charge is 2.33. The summed E-state index contributed by atoms with van der Waals surface area (Å²) in [5.41, 5.74) is 0. The Balaban J connectivity index is 2.23. The second-order valence-electron chi connectivity index (χ2n) is 3.59. The minimum absolute atomic E-state index is 0.770. The van der Waals surface area contributed by atoms with Gasteiger partial charge in [0.2, 0.25) is 6.69 Å². The Morgan fingerprint density at radius 1 is 1.50 bits per heavy atom. The van der Waals surface area contributed by atoms with Gasteiger partial charge in [-0.1, -0.05) is 6.92 Å². The molecule has 1 aliphatic rings. The van der Waals surface area contributed by atoms with Gasteiger partial charge in [0.25, 0.3) is 0 Å². The van der Waals surface area contributed by atoms with Crippen LogP contribution >= 0.6 is 22.2 Å². The van der Waals surface area contributed by atoms with Gasteiger partial charge in [-0.2, -0.15) is 0 Å². The monoisotopic (exact) mass is 196 g/mol. The molecule has 0 saturated heterocycles. The minimum Gasteiger partial charge on any atom is -0.146 e. The molecule has 1 rings (SSSR count). The molecule has 1 unspecified atom stereocenters. The van der Waals surface area contributed by atoms with Crippen LogP contribution in [0.1, 0.15) is 19.8 Å². The lowest BCUT2D eigenvalue weighted by Gasteiger charge is -2.15. The van der Waals surface area contributed by atoms with E-state index in [2.05, 4.69) is 6.92 Å². The molecule has 0 nitrogen and oxygen atoms in total. The van der Waals surface area contributed by atoms with Crippen LogP contribution in [-0.4, -0.2) is 6.69 Å². The third kappa shape index (κ3) is 3.27. The third-order valence-electron chi connectivity index (χ3n) is 2.11. The molecule has 0 aromatic carbocycles. The molecule has 0 heterocycles. The second kappa shape index (κ2) is 3.04. The quantitative estimate of drug-likeness (QED) is 0.479. The second-order valence-corrected chi connectivity index (χ2v) is 11.7. The average molecular weight is 197 g/mol. The predicted molar refractivity (Wildman–Crippen MR) is 50.0 cm³/mol. The first-order chi connectivity index (χ1) is 4.49. The molecule has 60 valence electrons. The molecular formula is C7H14Cl2Si. The van der Waals surface area contributed by atoms with Crippen molar-refractivity contribution in [3.8, 4) is 0 Å². The Hall–Kier alpha value is 0.797. The molecule has 1 saturated carbocycles. The fraction of sp³-hybridized carbons (Fsp3) is 1.00. The highest BCUT2D eigenvalue weighted by Crippen LogP contribution is 2.41. The van der Waals surface area contributed by atoms with Gasteiger partial charge in [0, 0.05) is 0 Å². The van der Waals surface area contributed by atoms with Crippen LogP contribution in [0, 0.1) is 11.8 Å². The van der Waals surface area contributed by atoms with Crippen molar-refractivity contribution in [1.29, 1.82) is 0 Å². The van der Waals surface area contributed by atoms with Gasteiger partial charge in [-0.3, -0.25) is 0 Å². The van der Waals surface area contributed by atoms with E-state index in [0.29, 0.717) is 0 Å². The van der Waals surface area contributed by atoms with Crippen molar-refractivity contribution in [3.63, 3.8) is 0 Å². The molecule has 0 aromatic rings. The summed E-state index contributed by atoms with van der Waals surface area (Å²) in [5.74, 6) is 1.72. The molecule has 0 N–H and O–H groups in total. The molecule has 0 bridgehead atoms. The van der Waals surface area contributed by atoms with Crippen LogP contribution in [0.4, 0.5) is 0 Å². The lowest BCUT2D eigenvalue weighted by molar-refractivity contribution is 0.559. The van der Waals surface area contributed by atoms with Crippen LogP contribution < -0.4 is 0 Å².